The minimum Gasteiger partial charge on any atom is -0.395 e. The van der Waals surface area contributed by atoms with Crippen LogP contribution in [0.5, 0.6) is 0 Å². The normalized spacial score (nSPS) is 30.1. The summed E-state index contributed by atoms with van der Waals surface area (Å²) in [6.45, 7) is 2.18. The fourth-order valence-electron chi connectivity index (χ4n) is 3.45. The molecule has 1 atom stereocenters. The van der Waals surface area contributed by atoms with Crippen molar-refractivity contribution in [1.82, 2.24) is 4.90 Å². The Kier molecular flexibility index (Phi) is 4.57. The summed E-state index contributed by atoms with van der Waals surface area (Å²) in [7, 11) is 0. The highest BCUT2D eigenvalue weighted by Gasteiger charge is 2.37. The number of carbonyl (C=O) groups excluding carboxylic acids is 1. The van der Waals surface area contributed by atoms with Gasteiger partial charge in [-0.15, -0.1) is 0 Å². The summed E-state index contributed by atoms with van der Waals surface area (Å²) in [5, 5.41) is 9.49. The maximum atomic E-state index is 11.4. The molecule has 0 spiro atoms. The van der Waals surface area contributed by atoms with Crippen molar-refractivity contribution in [2.45, 2.75) is 57.4 Å². The fraction of sp³-hybridized carbons (Fsp3) is 0.929. The van der Waals surface area contributed by atoms with Crippen LogP contribution in [0.2, 0.25) is 0 Å². The van der Waals surface area contributed by atoms with Crippen LogP contribution in [-0.4, -0.2) is 42.0 Å². The van der Waals surface area contributed by atoms with Crippen LogP contribution < -0.4 is 0 Å². The standard InChI is InChI=1S/C14H25NO2/c16-10-13-6-2-1-5-9-15(13)11-14(12-17)7-3-4-8-14/h12-13,16H,1-11H2. The van der Waals surface area contributed by atoms with Crippen molar-refractivity contribution in [2.75, 3.05) is 19.7 Å². The molecule has 1 heterocycles. The van der Waals surface area contributed by atoms with Crippen molar-refractivity contribution >= 4 is 6.29 Å². The van der Waals surface area contributed by atoms with Crippen LogP contribution in [0, 0.1) is 5.41 Å². The maximum Gasteiger partial charge on any atom is 0.127 e. The first kappa shape index (κ1) is 13.0. The molecule has 1 aliphatic heterocycles. The lowest BCUT2D eigenvalue weighted by Crippen LogP contribution is -2.44. The lowest BCUT2D eigenvalue weighted by molar-refractivity contribution is -0.117. The number of likely N-dealkylation sites (tertiary alicyclic amines) is 1. The molecule has 1 N–H and O–H groups in total. The number of nitrogens with zero attached hydrogens (tertiary/aromatic N) is 1. The molecule has 0 bridgehead atoms. The van der Waals surface area contributed by atoms with Gasteiger partial charge >= 0.3 is 0 Å². The number of aldehydes is 1. The molecule has 0 amide bonds. The Morgan fingerprint density at radius 1 is 1.18 bits per heavy atom. The third-order valence-corrected chi connectivity index (χ3v) is 4.58. The highest BCUT2D eigenvalue weighted by molar-refractivity contribution is 5.60. The molecule has 2 aliphatic rings. The van der Waals surface area contributed by atoms with Crippen LogP contribution in [0.4, 0.5) is 0 Å². The average Bonchev–Trinajstić information content (AvgIpc) is 2.70. The first-order valence-corrected chi connectivity index (χ1v) is 7.11. The quantitative estimate of drug-likeness (QED) is 0.763. The van der Waals surface area contributed by atoms with Gasteiger partial charge in [0, 0.05) is 18.0 Å². The molecule has 0 aromatic heterocycles. The molecule has 0 aromatic carbocycles. The van der Waals surface area contributed by atoms with Gasteiger partial charge in [-0.25, -0.2) is 0 Å². The van der Waals surface area contributed by atoms with Crippen LogP contribution in [0.15, 0.2) is 0 Å². The van der Waals surface area contributed by atoms with Crippen molar-refractivity contribution in [2.24, 2.45) is 5.41 Å². The monoisotopic (exact) mass is 239 g/mol. The Morgan fingerprint density at radius 3 is 2.59 bits per heavy atom. The van der Waals surface area contributed by atoms with Gasteiger partial charge in [-0.1, -0.05) is 25.7 Å². The van der Waals surface area contributed by atoms with E-state index in [-0.39, 0.29) is 18.1 Å². The summed E-state index contributed by atoms with van der Waals surface area (Å²) in [5.41, 5.74) is -0.0994. The van der Waals surface area contributed by atoms with Crippen LogP contribution in [0.3, 0.4) is 0 Å². The Balaban J connectivity index is 2.00. The molecular formula is C14H25NO2. The van der Waals surface area contributed by atoms with E-state index in [0.29, 0.717) is 0 Å². The summed E-state index contributed by atoms with van der Waals surface area (Å²) in [6, 6.07) is 0.287. The van der Waals surface area contributed by atoms with Crippen molar-refractivity contribution in [3.8, 4) is 0 Å². The zero-order chi connectivity index (χ0) is 12.1. The molecule has 1 aliphatic carbocycles. The Hall–Kier alpha value is -0.410. The van der Waals surface area contributed by atoms with Crippen LogP contribution in [0.1, 0.15) is 51.4 Å². The maximum absolute atomic E-state index is 11.4. The first-order valence-electron chi connectivity index (χ1n) is 7.11. The average molecular weight is 239 g/mol. The molecule has 3 nitrogen and oxygen atoms in total. The number of aliphatic hydroxyl groups excluding tert-OH is 1. The van der Waals surface area contributed by atoms with Crippen molar-refractivity contribution < 1.29 is 9.90 Å². The molecule has 0 radical (unpaired) electrons. The van der Waals surface area contributed by atoms with Crippen LogP contribution >= 0.6 is 0 Å². The number of aliphatic hydroxyl groups is 1. The summed E-state index contributed by atoms with van der Waals surface area (Å²) in [4.78, 5) is 13.8. The van der Waals surface area contributed by atoms with Gasteiger partial charge in [-0.2, -0.15) is 0 Å². The molecular weight excluding hydrogens is 214 g/mol. The van der Waals surface area contributed by atoms with E-state index in [1.807, 2.05) is 0 Å². The molecule has 0 aromatic rings. The molecule has 1 saturated heterocycles. The zero-order valence-corrected chi connectivity index (χ0v) is 10.7. The Morgan fingerprint density at radius 2 is 1.94 bits per heavy atom. The highest BCUT2D eigenvalue weighted by Crippen LogP contribution is 2.37. The minimum atomic E-state index is -0.0994. The highest BCUT2D eigenvalue weighted by atomic mass is 16.3. The van der Waals surface area contributed by atoms with Gasteiger partial charge in [0.25, 0.3) is 0 Å². The third kappa shape index (κ3) is 3.08. The molecule has 17 heavy (non-hydrogen) atoms. The molecule has 3 heteroatoms. The second kappa shape index (κ2) is 5.96. The van der Waals surface area contributed by atoms with E-state index in [2.05, 4.69) is 4.90 Å². The van der Waals surface area contributed by atoms with E-state index in [4.69, 9.17) is 0 Å². The molecule has 98 valence electrons. The van der Waals surface area contributed by atoms with Crippen molar-refractivity contribution in [1.29, 1.82) is 0 Å². The minimum absolute atomic E-state index is 0.0994. The zero-order valence-electron chi connectivity index (χ0n) is 10.7. The largest absolute Gasteiger partial charge is 0.395 e. The first-order chi connectivity index (χ1) is 8.29. The fourth-order valence-corrected chi connectivity index (χ4v) is 3.45. The summed E-state index contributed by atoms with van der Waals surface area (Å²) in [6.07, 6.45) is 10.5. The second-order valence-electron chi connectivity index (χ2n) is 5.84. The van der Waals surface area contributed by atoms with Gasteiger partial charge in [-0.3, -0.25) is 4.90 Å². The smallest absolute Gasteiger partial charge is 0.127 e. The van der Waals surface area contributed by atoms with Gasteiger partial charge in [0.2, 0.25) is 0 Å². The molecule has 2 rings (SSSR count). The van der Waals surface area contributed by atoms with E-state index >= 15 is 0 Å². The number of rotatable bonds is 4. The van der Waals surface area contributed by atoms with Gasteiger partial charge < -0.3 is 9.90 Å². The summed E-state index contributed by atoms with van der Waals surface area (Å²) >= 11 is 0. The van der Waals surface area contributed by atoms with Crippen molar-refractivity contribution in [3.05, 3.63) is 0 Å². The molecule has 1 saturated carbocycles. The van der Waals surface area contributed by atoms with E-state index in [1.54, 1.807) is 0 Å². The number of hydrogen-bond acceptors (Lipinski definition) is 3. The predicted molar refractivity (Wildman–Crippen MR) is 67.9 cm³/mol. The molecule has 1 unspecified atom stereocenters. The van der Waals surface area contributed by atoms with Crippen molar-refractivity contribution in [3.63, 3.8) is 0 Å². The van der Waals surface area contributed by atoms with E-state index in [0.717, 1.165) is 32.4 Å². The SMILES string of the molecule is O=CC1(CN2CCCCCC2CO)CCCC1. The van der Waals surface area contributed by atoms with Gasteiger partial charge in [0.1, 0.15) is 6.29 Å². The second-order valence-corrected chi connectivity index (χ2v) is 5.84. The van der Waals surface area contributed by atoms with Crippen LogP contribution in [0.25, 0.3) is 0 Å². The van der Waals surface area contributed by atoms with E-state index < -0.39 is 0 Å². The summed E-state index contributed by atoms with van der Waals surface area (Å²) < 4.78 is 0. The van der Waals surface area contributed by atoms with Gasteiger partial charge in [-0.05, 0) is 32.2 Å². The van der Waals surface area contributed by atoms with E-state index in [9.17, 15) is 9.90 Å². The van der Waals surface area contributed by atoms with Crippen LogP contribution in [-0.2, 0) is 4.79 Å². The third-order valence-electron chi connectivity index (χ3n) is 4.58. The Labute approximate surface area is 104 Å². The lowest BCUT2D eigenvalue weighted by Gasteiger charge is -2.35. The number of hydrogen-bond donors (Lipinski definition) is 1. The Bertz CT molecular complexity index is 249. The van der Waals surface area contributed by atoms with Gasteiger partial charge in [0.05, 0.1) is 6.61 Å². The van der Waals surface area contributed by atoms with Gasteiger partial charge in [0.15, 0.2) is 0 Å². The topological polar surface area (TPSA) is 40.5 Å². The van der Waals surface area contributed by atoms with E-state index in [1.165, 1.54) is 38.4 Å². The lowest BCUT2D eigenvalue weighted by atomic mass is 9.87. The number of carbonyl (C=O) groups is 1. The predicted octanol–water partition coefficient (Wildman–Crippen LogP) is 1.98. The molecule has 2 fully saturated rings. The summed E-state index contributed by atoms with van der Waals surface area (Å²) in [5.74, 6) is 0.